The van der Waals surface area contributed by atoms with E-state index in [0.717, 1.165) is 27.1 Å². The zero-order valence-corrected chi connectivity index (χ0v) is 13.1. The molecule has 2 nitrogen and oxygen atoms in total. The average molecular weight is 294 g/mol. The number of hydrogen-bond donors (Lipinski definition) is 1. The molecule has 1 aromatic heterocycles. The first-order valence-electron chi connectivity index (χ1n) is 6.95. The molecule has 2 N–H and O–H groups in total. The van der Waals surface area contributed by atoms with Gasteiger partial charge in [-0.2, -0.15) is 0 Å². The number of nitrogen functional groups attached to an aromatic ring is 1. The second-order valence-corrected chi connectivity index (χ2v) is 6.38. The fraction of sp³-hybridized carbons (Fsp3) is 0.167. The molecule has 0 aliphatic heterocycles. The van der Waals surface area contributed by atoms with Crippen LogP contribution >= 0.6 is 11.8 Å². The maximum Gasteiger partial charge on any atom is 0.0533 e. The lowest BCUT2D eigenvalue weighted by molar-refractivity contribution is 1.30. The zero-order chi connectivity index (χ0) is 14.8. The summed E-state index contributed by atoms with van der Waals surface area (Å²) in [6.45, 7) is 4.27. The minimum atomic E-state index is 0.851. The predicted octanol–water partition coefficient (Wildman–Crippen LogP) is 4.73. The molecule has 3 rings (SSSR count). The van der Waals surface area contributed by atoms with Crippen LogP contribution in [0.5, 0.6) is 0 Å². The number of thioether (sulfide) groups is 1. The van der Waals surface area contributed by atoms with Crippen LogP contribution in [0.25, 0.3) is 10.8 Å². The quantitative estimate of drug-likeness (QED) is 0.561. The normalized spacial score (nSPS) is 11.0. The molecule has 3 heteroatoms. The number of hydrogen-bond acceptors (Lipinski definition) is 3. The van der Waals surface area contributed by atoms with E-state index in [1.54, 1.807) is 18.0 Å². The van der Waals surface area contributed by atoms with E-state index in [1.807, 2.05) is 12.3 Å². The SMILES string of the molecule is Cc1cc(C)cc(CSc2ccc3cnccc3c2N)c1. The summed E-state index contributed by atoms with van der Waals surface area (Å²) in [6, 6.07) is 12.8. The van der Waals surface area contributed by atoms with Gasteiger partial charge in [-0.1, -0.05) is 35.4 Å². The molecule has 0 atom stereocenters. The molecule has 106 valence electrons. The molecule has 3 aromatic rings. The third kappa shape index (κ3) is 3.03. The van der Waals surface area contributed by atoms with E-state index < -0.39 is 0 Å². The van der Waals surface area contributed by atoms with Gasteiger partial charge in [0.1, 0.15) is 0 Å². The monoisotopic (exact) mass is 294 g/mol. The molecule has 0 amide bonds. The highest BCUT2D eigenvalue weighted by Gasteiger charge is 2.06. The van der Waals surface area contributed by atoms with Crippen molar-refractivity contribution in [2.75, 3.05) is 5.73 Å². The van der Waals surface area contributed by atoms with Gasteiger partial charge in [-0.15, -0.1) is 11.8 Å². The van der Waals surface area contributed by atoms with Gasteiger partial charge in [0.2, 0.25) is 0 Å². The predicted molar refractivity (Wildman–Crippen MR) is 91.6 cm³/mol. The van der Waals surface area contributed by atoms with E-state index in [-0.39, 0.29) is 0 Å². The first-order valence-corrected chi connectivity index (χ1v) is 7.94. The first kappa shape index (κ1) is 14.0. The van der Waals surface area contributed by atoms with Crippen LogP contribution in [-0.4, -0.2) is 4.98 Å². The second-order valence-electron chi connectivity index (χ2n) is 5.36. The molecule has 0 unspecified atom stereocenters. The highest BCUT2D eigenvalue weighted by molar-refractivity contribution is 7.98. The van der Waals surface area contributed by atoms with Gasteiger partial charge < -0.3 is 5.73 Å². The Balaban J connectivity index is 1.86. The largest absolute Gasteiger partial charge is 0.397 e. The van der Waals surface area contributed by atoms with Crippen LogP contribution in [0.4, 0.5) is 5.69 Å². The minimum absolute atomic E-state index is 0.851. The lowest BCUT2D eigenvalue weighted by atomic mass is 10.1. The number of anilines is 1. The number of aryl methyl sites for hydroxylation is 2. The lowest BCUT2D eigenvalue weighted by Crippen LogP contribution is -1.92. The molecule has 2 aromatic carbocycles. The number of rotatable bonds is 3. The highest BCUT2D eigenvalue weighted by Crippen LogP contribution is 2.33. The number of fused-ring (bicyclic) bond motifs is 1. The molecular weight excluding hydrogens is 276 g/mol. The fourth-order valence-corrected chi connectivity index (χ4v) is 3.53. The van der Waals surface area contributed by atoms with Crippen LogP contribution in [0, 0.1) is 13.8 Å². The summed E-state index contributed by atoms with van der Waals surface area (Å²) in [4.78, 5) is 5.27. The number of nitrogens with two attached hydrogens (primary N) is 1. The topological polar surface area (TPSA) is 38.9 Å². The van der Waals surface area contributed by atoms with Crippen molar-refractivity contribution in [1.29, 1.82) is 0 Å². The van der Waals surface area contributed by atoms with E-state index in [4.69, 9.17) is 5.73 Å². The van der Waals surface area contributed by atoms with Gasteiger partial charge in [0.05, 0.1) is 5.69 Å². The van der Waals surface area contributed by atoms with E-state index in [9.17, 15) is 0 Å². The van der Waals surface area contributed by atoms with Crippen LogP contribution in [0.3, 0.4) is 0 Å². The van der Waals surface area contributed by atoms with E-state index in [1.165, 1.54) is 16.7 Å². The van der Waals surface area contributed by atoms with Crippen molar-refractivity contribution in [1.82, 2.24) is 4.98 Å². The van der Waals surface area contributed by atoms with Crippen molar-refractivity contribution in [2.24, 2.45) is 0 Å². The summed E-state index contributed by atoms with van der Waals surface area (Å²) in [5.74, 6) is 0.934. The van der Waals surface area contributed by atoms with Crippen LogP contribution < -0.4 is 5.73 Å². The highest BCUT2D eigenvalue weighted by atomic mass is 32.2. The van der Waals surface area contributed by atoms with Crippen LogP contribution in [0.15, 0.2) is 53.7 Å². The van der Waals surface area contributed by atoms with Crippen LogP contribution in [0.2, 0.25) is 0 Å². The summed E-state index contributed by atoms with van der Waals surface area (Å²) in [5, 5.41) is 2.17. The van der Waals surface area contributed by atoms with E-state index in [2.05, 4.69) is 49.2 Å². The number of benzene rings is 2. The Morgan fingerprint density at radius 1 is 1.05 bits per heavy atom. The summed E-state index contributed by atoms with van der Waals surface area (Å²) >= 11 is 1.79. The summed E-state index contributed by atoms with van der Waals surface area (Å²) in [6.07, 6.45) is 3.64. The van der Waals surface area contributed by atoms with Crippen LogP contribution in [-0.2, 0) is 5.75 Å². The zero-order valence-electron chi connectivity index (χ0n) is 12.3. The molecule has 0 saturated carbocycles. The number of pyridine rings is 1. The van der Waals surface area contributed by atoms with Gasteiger partial charge >= 0.3 is 0 Å². The Labute approximate surface area is 129 Å². The Morgan fingerprint density at radius 2 is 1.81 bits per heavy atom. The Hall–Kier alpha value is -2.00. The Kier molecular flexibility index (Phi) is 3.84. The maximum absolute atomic E-state index is 6.29. The molecule has 21 heavy (non-hydrogen) atoms. The van der Waals surface area contributed by atoms with Crippen LogP contribution in [0.1, 0.15) is 16.7 Å². The van der Waals surface area contributed by atoms with Crippen molar-refractivity contribution in [2.45, 2.75) is 24.5 Å². The lowest BCUT2D eigenvalue weighted by Gasteiger charge is -2.09. The van der Waals surface area contributed by atoms with Gasteiger partial charge in [0.25, 0.3) is 0 Å². The average Bonchev–Trinajstić information content (AvgIpc) is 2.46. The molecule has 0 aliphatic carbocycles. The summed E-state index contributed by atoms with van der Waals surface area (Å²) in [7, 11) is 0. The van der Waals surface area contributed by atoms with Gasteiger partial charge in [0, 0.05) is 33.8 Å². The van der Waals surface area contributed by atoms with Crippen molar-refractivity contribution in [3.8, 4) is 0 Å². The van der Waals surface area contributed by atoms with Crippen molar-refractivity contribution in [3.05, 3.63) is 65.5 Å². The van der Waals surface area contributed by atoms with Gasteiger partial charge in [-0.25, -0.2) is 0 Å². The van der Waals surface area contributed by atoms with E-state index >= 15 is 0 Å². The number of aromatic nitrogens is 1. The first-order chi connectivity index (χ1) is 10.1. The molecule has 0 bridgehead atoms. The van der Waals surface area contributed by atoms with Gasteiger partial charge in [-0.05, 0) is 31.5 Å². The van der Waals surface area contributed by atoms with Crippen molar-refractivity contribution in [3.63, 3.8) is 0 Å². The van der Waals surface area contributed by atoms with Crippen molar-refractivity contribution >= 4 is 28.2 Å². The van der Waals surface area contributed by atoms with Crippen molar-refractivity contribution < 1.29 is 0 Å². The molecule has 0 fully saturated rings. The third-order valence-corrected chi connectivity index (χ3v) is 4.64. The molecule has 0 aliphatic rings. The molecule has 1 heterocycles. The third-order valence-electron chi connectivity index (χ3n) is 3.50. The van der Waals surface area contributed by atoms with E-state index in [0.29, 0.717) is 0 Å². The fourth-order valence-electron chi connectivity index (χ4n) is 2.61. The Morgan fingerprint density at radius 3 is 2.57 bits per heavy atom. The number of nitrogens with zero attached hydrogens (tertiary/aromatic N) is 1. The molecule has 0 saturated heterocycles. The Bertz CT molecular complexity index is 776. The minimum Gasteiger partial charge on any atom is -0.397 e. The smallest absolute Gasteiger partial charge is 0.0533 e. The van der Waals surface area contributed by atoms with Gasteiger partial charge in [-0.3, -0.25) is 4.98 Å². The second kappa shape index (κ2) is 5.78. The maximum atomic E-state index is 6.29. The molecule has 0 spiro atoms. The standard InChI is InChI=1S/C18H18N2S/c1-12-7-13(2)9-14(8-12)11-21-17-4-3-15-10-20-6-5-16(15)18(17)19/h3-10H,11,19H2,1-2H3. The van der Waals surface area contributed by atoms with Gasteiger partial charge in [0.15, 0.2) is 0 Å². The molecular formula is C18H18N2S. The summed E-state index contributed by atoms with van der Waals surface area (Å²) in [5.41, 5.74) is 11.1. The summed E-state index contributed by atoms with van der Waals surface area (Å²) < 4.78 is 0. The molecule has 0 radical (unpaired) electrons.